The summed E-state index contributed by atoms with van der Waals surface area (Å²) in [6.45, 7) is 2.09. The normalized spacial score (nSPS) is 10.4. The van der Waals surface area contributed by atoms with Gasteiger partial charge in [0.15, 0.2) is 5.43 Å². The van der Waals surface area contributed by atoms with E-state index in [1.165, 1.54) is 6.07 Å². The quantitative estimate of drug-likeness (QED) is 0.817. The molecule has 0 bridgehead atoms. The Morgan fingerprint density at radius 2 is 2.12 bits per heavy atom. The summed E-state index contributed by atoms with van der Waals surface area (Å²) in [5.74, 6) is -0.335. The predicted molar refractivity (Wildman–Crippen MR) is 64.9 cm³/mol. The summed E-state index contributed by atoms with van der Waals surface area (Å²) in [5, 5.41) is 0.625. The van der Waals surface area contributed by atoms with E-state index in [4.69, 9.17) is 4.74 Å². The van der Waals surface area contributed by atoms with E-state index in [1.54, 1.807) is 13.0 Å². The molecule has 1 aromatic carbocycles. The fraction of sp³-hybridized carbons (Fsp3) is 0.231. The van der Waals surface area contributed by atoms with Crippen molar-refractivity contribution in [3.63, 3.8) is 0 Å². The molecule has 2 aromatic rings. The minimum Gasteiger partial charge on any atom is -0.466 e. The zero-order valence-electron chi connectivity index (χ0n) is 9.53. The van der Waals surface area contributed by atoms with Crippen LogP contribution in [0.2, 0.25) is 0 Å². The van der Waals surface area contributed by atoms with Crippen LogP contribution in [0.3, 0.4) is 0 Å². The highest BCUT2D eigenvalue weighted by atomic mass is 16.5. The van der Waals surface area contributed by atoms with Gasteiger partial charge in [0, 0.05) is 22.7 Å². The molecule has 4 nitrogen and oxygen atoms in total. The second-order valence-corrected chi connectivity index (χ2v) is 3.69. The second kappa shape index (κ2) is 4.82. The van der Waals surface area contributed by atoms with E-state index in [0.29, 0.717) is 17.7 Å². The highest BCUT2D eigenvalue weighted by Crippen LogP contribution is 2.07. The van der Waals surface area contributed by atoms with Crippen LogP contribution < -0.4 is 5.43 Å². The molecule has 17 heavy (non-hydrogen) atoms. The summed E-state index contributed by atoms with van der Waals surface area (Å²) in [4.78, 5) is 26.1. The Balaban J connectivity index is 2.37. The highest BCUT2D eigenvalue weighted by Gasteiger charge is 2.07. The van der Waals surface area contributed by atoms with E-state index in [0.717, 1.165) is 5.52 Å². The first kappa shape index (κ1) is 11.4. The predicted octanol–water partition coefficient (Wildman–Crippen LogP) is 1.63. The first-order valence-corrected chi connectivity index (χ1v) is 5.47. The molecule has 0 fully saturated rings. The Morgan fingerprint density at radius 1 is 1.35 bits per heavy atom. The molecule has 2 rings (SSSR count). The van der Waals surface area contributed by atoms with Crippen LogP contribution in [0.4, 0.5) is 0 Å². The molecular formula is C13H13NO3. The van der Waals surface area contributed by atoms with Gasteiger partial charge >= 0.3 is 5.97 Å². The molecule has 1 N–H and O–H groups in total. The number of esters is 1. The number of nitrogens with one attached hydrogen (secondary N) is 1. The van der Waals surface area contributed by atoms with Crippen molar-refractivity contribution in [3.8, 4) is 0 Å². The van der Waals surface area contributed by atoms with E-state index in [1.807, 2.05) is 18.2 Å². The van der Waals surface area contributed by atoms with Crippen LogP contribution in [0.15, 0.2) is 35.1 Å². The van der Waals surface area contributed by atoms with E-state index < -0.39 is 0 Å². The Bertz CT molecular complexity index is 601. The lowest BCUT2D eigenvalue weighted by Gasteiger charge is -2.04. The van der Waals surface area contributed by atoms with Gasteiger partial charge in [-0.3, -0.25) is 9.59 Å². The summed E-state index contributed by atoms with van der Waals surface area (Å²) in [6.07, 6.45) is 0.0912. The zero-order valence-corrected chi connectivity index (χ0v) is 9.53. The maximum Gasteiger partial charge on any atom is 0.311 e. The number of aromatic amines is 1. The fourth-order valence-electron chi connectivity index (χ4n) is 1.71. The maximum atomic E-state index is 11.8. The Labute approximate surface area is 98.2 Å². The van der Waals surface area contributed by atoms with Gasteiger partial charge in [-0.15, -0.1) is 0 Å². The number of hydrogen-bond acceptors (Lipinski definition) is 3. The number of carbonyl (C=O) groups excluding carboxylic acids is 1. The molecular weight excluding hydrogens is 218 g/mol. The molecule has 0 aliphatic rings. The smallest absolute Gasteiger partial charge is 0.311 e. The average Bonchev–Trinajstić information content (AvgIpc) is 2.29. The van der Waals surface area contributed by atoms with Gasteiger partial charge in [0.1, 0.15) is 0 Å². The first-order chi connectivity index (χ1) is 8.20. The number of para-hydroxylation sites is 1. The summed E-state index contributed by atoms with van der Waals surface area (Å²) in [5.41, 5.74) is 1.23. The molecule has 1 aromatic heterocycles. The van der Waals surface area contributed by atoms with Crippen molar-refractivity contribution >= 4 is 16.9 Å². The molecule has 0 radical (unpaired) electrons. The number of carbonyl (C=O) groups is 1. The van der Waals surface area contributed by atoms with Gasteiger partial charge in [-0.05, 0) is 19.1 Å². The van der Waals surface area contributed by atoms with E-state index in [9.17, 15) is 9.59 Å². The van der Waals surface area contributed by atoms with Crippen LogP contribution in [-0.2, 0) is 16.0 Å². The van der Waals surface area contributed by atoms with Gasteiger partial charge in [-0.2, -0.15) is 0 Å². The second-order valence-electron chi connectivity index (χ2n) is 3.69. The number of rotatable bonds is 3. The monoisotopic (exact) mass is 231 g/mol. The Hall–Kier alpha value is -2.10. The lowest BCUT2D eigenvalue weighted by Crippen LogP contribution is -2.12. The number of pyridine rings is 1. The van der Waals surface area contributed by atoms with Crippen molar-refractivity contribution in [1.82, 2.24) is 4.98 Å². The third-order valence-electron chi connectivity index (χ3n) is 2.43. The number of ether oxygens (including phenoxy) is 1. The number of benzene rings is 1. The van der Waals surface area contributed by atoms with Crippen molar-refractivity contribution in [1.29, 1.82) is 0 Å². The van der Waals surface area contributed by atoms with E-state index in [-0.39, 0.29) is 17.8 Å². The van der Waals surface area contributed by atoms with E-state index >= 15 is 0 Å². The minimum absolute atomic E-state index is 0.0846. The van der Waals surface area contributed by atoms with Crippen LogP contribution >= 0.6 is 0 Å². The lowest BCUT2D eigenvalue weighted by molar-refractivity contribution is -0.142. The Kier molecular flexibility index (Phi) is 3.23. The van der Waals surface area contributed by atoms with Gasteiger partial charge < -0.3 is 9.72 Å². The molecule has 0 amide bonds. The van der Waals surface area contributed by atoms with Crippen molar-refractivity contribution in [2.75, 3.05) is 6.61 Å². The summed E-state index contributed by atoms with van der Waals surface area (Å²) in [6, 6.07) is 8.65. The third kappa shape index (κ3) is 2.53. The standard InChI is InChI=1S/C13H13NO3/c1-2-17-13(16)8-9-7-12(15)10-5-3-4-6-11(10)14-9/h3-7H,2,8H2,1H3,(H,14,15). The molecule has 0 aliphatic carbocycles. The Morgan fingerprint density at radius 3 is 2.88 bits per heavy atom. The molecule has 88 valence electrons. The maximum absolute atomic E-state index is 11.8. The lowest BCUT2D eigenvalue weighted by atomic mass is 10.1. The topological polar surface area (TPSA) is 59.2 Å². The van der Waals surface area contributed by atoms with Crippen LogP contribution in [0, 0.1) is 0 Å². The summed E-state index contributed by atoms with van der Waals surface area (Å²) < 4.78 is 4.84. The van der Waals surface area contributed by atoms with Crippen LogP contribution in [0.25, 0.3) is 10.9 Å². The van der Waals surface area contributed by atoms with Crippen molar-refractivity contribution in [2.24, 2.45) is 0 Å². The molecule has 0 saturated carbocycles. The van der Waals surface area contributed by atoms with Gasteiger partial charge in [-0.25, -0.2) is 0 Å². The number of hydrogen-bond donors (Lipinski definition) is 1. The van der Waals surface area contributed by atoms with E-state index in [2.05, 4.69) is 4.98 Å². The number of aromatic nitrogens is 1. The van der Waals surface area contributed by atoms with Gasteiger partial charge in [0.25, 0.3) is 0 Å². The molecule has 1 heterocycles. The number of fused-ring (bicyclic) bond motifs is 1. The third-order valence-corrected chi connectivity index (χ3v) is 2.43. The van der Waals surface area contributed by atoms with Gasteiger partial charge in [0.2, 0.25) is 0 Å². The SMILES string of the molecule is CCOC(=O)Cc1cc(=O)c2ccccc2[nH]1. The highest BCUT2D eigenvalue weighted by molar-refractivity contribution is 5.79. The van der Waals surface area contributed by atoms with Gasteiger partial charge in [0.05, 0.1) is 13.0 Å². The van der Waals surface area contributed by atoms with Crippen molar-refractivity contribution in [3.05, 3.63) is 46.2 Å². The van der Waals surface area contributed by atoms with Crippen LogP contribution in [0.5, 0.6) is 0 Å². The minimum atomic E-state index is -0.335. The van der Waals surface area contributed by atoms with Gasteiger partial charge in [-0.1, -0.05) is 12.1 Å². The molecule has 4 heteroatoms. The molecule has 0 atom stereocenters. The van der Waals surface area contributed by atoms with Crippen LogP contribution in [-0.4, -0.2) is 17.6 Å². The first-order valence-electron chi connectivity index (χ1n) is 5.47. The zero-order chi connectivity index (χ0) is 12.3. The molecule has 0 aliphatic heterocycles. The molecule has 0 unspecified atom stereocenters. The fourth-order valence-corrected chi connectivity index (χ4v) is 1.71. The largest absolute Gasteiger partial charge is 0.466 e. The van der Waals surface area contributed by atoms with Crippen LogP contribution in [0.1, 0.15) is 12.6 Å². The molecule has 0 spiro atoms. The number of H-pyrrole nitrogens is 1. The average molecular weight is 231 g/mol. The molecule has 0 saturated heterocycles. The summed E-state index contributed by atoms with van der Waals surface area (Å²) >= 11 is 0. The summed E-state index contributed by atoms with van der Waals surface area (Å²) in [7, 11) is 0. The van der Waals surface area contributed by atoms with Crippen molar-refractivity contribution in [2.45, 2.75) is 13.3 Å². The van der Waals surface area contributed by atoms with Crippen molar-refractivity contribution < 1.29 is 9.53 Å².